The largest absolute Gasteiger partial charge is 0.472 e. The molecule has 9 nitrogen and oxygen atoms in total. The Morgan fingerprint density at radius 2 is 1.02 bits per heavy atom. The molecule has 284 valence electrons. The topological polar surface area (TPSA) is 134 Å². The van der Waals surface area contributed by atoms with Gasteiger partial charge in [0.25, 0.3) is 0 Å². The number of unbranched alkanes of at least 4 members (excludes halogenated alkanes) is 22. The average molecular weight is 704 g/mol. The third-order valence-corrected chi connectivity index (χ3v) is 9.39. The van der Waals surface area contributed by atoms with Crippen molar-refractivity contribution in [3.63, 3.8) is 0 Å². The van der Waals surface area contributed by atoms with E-state index in [1.54, 1.807) is 0 Å². The Bertz CT molecular complexity index is 810. The number of phosphoric acid groups is 1. The summed E-state index contributed by atoms with van der Waals surface area (Å²) < 4.78 is 32.6. The SMILES string of the molecule is CCCCCC/C=C/CCCCCCCCCCCC(=O)O[C@H](COC(=O)CCCCCCCCCCCC)COP(=O)(O)OCCN. The Morgan fingerprint density at radius 1 is 0.604 bits per heavy atom. The number of allylic oxidation sites excluding steroid dienone is 2. The van der Waals surface area contributed by atoms with Crippen molar-refractivity contribution in [2.24, 2.45) is 5.73 Å². The van der Waals surface area contributed by atoms with Crippen LogP contribution in [0.15, 0.2) is 12.2 Å². The van der Waals surface area contributed by atoms with Gasteiger partial charge < -0.3 is 20.1 Å². The van der Waals surface area contributed by atoms with Crippen molar-refractivity contribution in [3.8, 4) is 0 Å². The third kappa shape index (κ3) is 34.6. The first-order valence-electron chi connectivity index (χ1n) is 19.7. The maximum atomic E-state index is 12.5. The highest BCUT2D eigenvalue weighted by molar-refractivity contribution is 7.47. The first kappa shape index (κ1) is 46.8. The molecule has 0 saturated carbocycles. The molecule has 0 heterocycles. The molecule has 0 aromatic carbocycles. The molecule has 0 aromatic heterocycles. The van der Waals surface area contributed by atoms with E-state index < -0.39 is 26.5 Å². The molecule has 0 fully saturated rings. The van der Waals surface area contributed by atoms with Gasteiger partial charge in [-0.15, -0.1) is 0 Å². The fourth-order valence-corrected chi connectivity index (χ4v) is 6.22. The number of carbonyl (C=O) groups is 2. The molecule has 0 saturated heterocycles. The predicted octanol–water partition coefficient (Wildman–Crippen LogP) is 10.7. The van der Waals surface area contributed by atoms with Gasteiger partial charge in [0.15, 0.2) is 6.10 Å². The maximum absolute atomic E-state index is 12.5. The number of nitrogens with two attached hydrogens (primary N) is 1. The van der Waals surface area contributed by atoms with Gasteiger partial charge in [0.1, 0.15) is 6.61 Å². The van der Waals surface area contributed by atoms with Crippen molar-refractivity contribution < 1.29 is 37.6 Å². The lowest BCUT2D eigenvalue weighted by Crippen LogP contribution is -2.29. The lowest BCUT2D eigenvalue weighted by atomic mass is 10.1. The number of ether oxygens (including phenoxy) is 2. The summed E-state index contributed by atoms with van der Waals surface area (Å²) in [5.41, 5.74) is 5.33. The van der Waals surface area contributed by atoms with E-state index in [0.29, 0.717) is 6.42 Å². The Morgan fingerprint density at radius 3 is 1.50 bits per heavy atom. The molecule has 1 unspecified atom stereocenters. The number of rotatable bonds is 37. The van der Waals surface area contributed by atoms with E-state index in [-0.39, 0.29) is 38.6 Å². The fourth-order valence-electron chi connectivity index (χ4n) is 5.45. The van der Waals surface area contributed by atoms with Crippen molar-refractivity contribution in [2.45, 2.75) is 193 Å². The number of esters is 2. The molecular weight excluding hydrogens is 629 g/mol. The van der Waals surface area contributed by atoms with Gasteiger partial charge in [-0.05, 0) is 38.5 Å². The van der Waals surface area contributed by atoms with Crippen LogP contribution in [0.3, 0.4) is 0 Å². The lowest BCUT2D eigenvalue weighted by Gasteiger charge is -2.19. The Hall–Kier alpha value is -1.25. The van der Waals surface area contributed by atoms with E-state index >= 15 is 0 Å². The van der Waals surface area contributed by atoms with Crippen LogP contribution < -0.4 is 5.73 Å². The van der Waals surface area contributed by atoms with Crippen molar-refractivity contribution >= 4 is 19.8 Å². The highest BCUT2D eigenvalue weighted by Gasteiger charge is 2.25. The molecule has 0 radical (unpaired) electrons. The molecule has 0 spiro atoms. The molecule has 0 aliphatic carbocycles. The Kier molecular flexibility index (Phi) is 34.6. The smallest absolute Gasteiger partial charge is 0.462 e. The molecular formula is C38H74NO8P. The zero-order valence-corrected chi connectivity index (χ0v) is 31.9. The van der Waals surface area contributed by atoms with Gasteiger partial charge in [-0.1, -0.05) is 148 Å². The molecule has 10 heteroatoms. The standard InChI is InChI=1S/C38H74NO8P/c1-3-5-7-9-11-13-15-16-17-18-19-20-21-23-25-27-29-31-38(41)47-36(35-46-48(42,43)45-33-32-39)34-44-37(40)30-28-26-24-22-14-12-10-8-6-4-2/h13,15,36H,3-12,14,16-35,39H2,1-2H3,(H,42,43)/b15-13+/t36-/m1/s1. The van der Waals surface area contributed by atoms with E-state index in [1.807, 2.05) is 0 Å². The molecule has 3 N–H and O–H groups in total. The van der Waals surface area contributed by atoms with Crippen molar-refractivity contribution in [2.75, 3.05) is 26.4 Å². The van der Waals surface area contributed by atoms with Crippen LogP contribution in [-0.2, 0) is 32.7 Å². The summed E-state index contributed by atoms with van der Waals surface area (Å²) in [5, 5.41) is 0. The van der Waals surface area contributed by atoms with Crippen LogP contribution in [0.1, 0.15) is 187 Å². The highest BCUT2D eigenvalue weighted by Crippen LogP contribution is 2.43. The van der Waals surface area contributed by atoms with Crippen molar-refractivity contribution in [3.05, 3.63) is 12.2 Å². The minimum atomic E-state index is -4.36. The number of hydrogen-bond acceptors (Lipinski definition) is 8. The molecule has 48 heavy (non-hydrogen) atoms. The Balaban J connectivity index is 4.16. The quantitative estimate of drug-likeness (QED) is 0.0280. The second-order valence-electron chi connectivity index (χ2n) is 13.2. The van der Waals surface area contributed by atoms with Crippen LogP contribution in [0.25, 0.3) is 0 Å². The molecule has 0 aliphatic rings. The third-order valence-electron chi connectivity index (χ3n) is 8.40. The number of phosphoric ester groups is 1. The summed E-state index contributed by atoms with van der Waals surface area (Å²) in [6.45, 7) is 3.71. The minimum Gasteiger partial charge on any atom is -0.462 e. The average Bonchev–Trinajstić information content (AvgIpc) is 3.07. The maximum Gasteiger partial charge on any atom is 0.472 e. The van der Waals surface area contributed by atoms with Crippen molar-refractivity contribution in [1.29, 1.82) is 0 Å². The molecule has 0 rings (SSSR count). The molecule has 0 bridgehead atoms. The first-order valence-corrected chi connectivity index (χ1v) is 21.2. The van der Waals surface area contributed by atoms with Crippen molar-refractivity contribution in [1.82, 2.24) is 0 Å². The molecule has 2 atom stereocenters. The van der Waals surface area contributed by atoms with Gasteiger partial charge >= 0.3 is 19.8 Å². The van der Waals surface area contributed by atoms with Gasteiger partial charge in [0.05, 0.1) is 13.2 Å². The zero-order chi connectivity index (χ0) is 35.4. The van der Waals surface area contributed by atoms with E-state index in [0.717, 1.165) is 38.5 Å². The Labute approximate surface area is 294 Å². The summed E-state index contributed by atoms with van der Waals surface area (Å²) in [6.07, 6.45) is 33.8. The predicted molar refractivity (Wildman–Crippen MR) is 197 cm³/mol. The van der Waals surface area contributed by atoms with E-state index in [1.165, 1.54) is 116 Å². The van der Waals surface area contributed by atoms with Gasteiger partial charge in [-0.25, -0.2) is 4.57 Å². The molecule has 0 aliphatic heterocycles. The summed E-state index contributed by atoms with van der Waals surface area (Å²) in [7, 11) is -4.36. The van der Waals surface area contributed by atoms with Gasteiger partial charge in [0, 0.05) is 19.4 Å². The summed E-state index contributed by atoms with van der Waals surface area (Å²) in [5.74, 6) is -0.827. The number of hydrogen-bond donors (Lipinski definition) is 2. The van der Waals surface area contributed by atoms with E-state index in [2.05, 4.69) is 26.0 Å². The summed E-state index contributed by atoms with van der Waals surface area (Å²) in [6, 6.07) is 0. The van der Waals surface area contributed by atoms with Gasteiger partial charge in [-0.3, -0.25) is 18.6 Å². The monoisotopic (exact) mass is 704 g/mol. The molecule has 0 amide bonds. The van der Waals surface area contributed by atoms with Crippen LogP contribution >= 0.6 is 7.82 Å². The fraction of sp³-hybridized carbons (Fsp3) is 0.895. The highest BCUT2D eigenvalue weighted by atomic mass is 31.2. The second kappa shape index (κ2) is 35.6. The summed E-state index contributed by atoms with van der Waals surface area (Å²) in [4.78, 5) is 34.7. The van der Waals surface area contributed by atoms with Crippen LogP contribution in [0.2, 0.25) is 0 Å². The summed E-state index contributed by atoms with van der Waals surface area (Å²) >= 11 is 0. The number of carbonyl (C=O) groups excluding carboxylic acids is 2. The first-order chi connectivity index (χ1) is 23.3. The van der Waals surface area contributed by atoms with E-state index in [9.17, 15) is 19.0 Å². The van der Waals surface area contributed by atoms with Crippen LogP contribution in [0.5, 0.6) is 0 Å². The normalized spacial score (nSPS) is 13.5. The van der Waals surface area contributed by atoms with Crippen LogP contribution in [0, 0.1) is 0 Å². The van der Waals surface area contributed by atoms with Crippen LogP contribution in [0.4, 0.5) is 0 Å². The minimum absolute atomic E-state index is 0.0556. The van der Waals surface area contributed by atoms with Gasteiger partial charge in [0.2, 0.25) is 0 Å². The van der Waals surface area contributed by atoms with E-state index in [4.69, 9.17) is 24.3 Å². The zero-order valence-electron chi connectivity index (χ0n) is 31.0. The second-order valence-corrected chi connectivity index (χ2v) is 14.6. The van der Waals surface area contributed by atoms with Gasteiger partial charge in [-0.2, -0.15) is 0 Å². The molecule has 0 aromatic rings. The van der Waals surface area contributed by atoms with Crippen LogP contribution in [-0.4, -0.2) is 49.3 Å². The lowest BCUT2D eigenvalue weighted by molar-refractivity contribution is -0.161.